The molecule has 0 spiro atoms. The van der Waals surface area contributed by atoms with Crippen molar-refractivity contribution in [1.82, 2.24) is 15.2 Å². The Morgan fingerprint density at radius 2 is 1.92 bits per heavy atom. The summed E-state index contributed by atoms with van der Waals surface area (Å²) in [5.41, 5.74) is 3.91. The molecule has 2 fully saturated rings. The molecule has 3 aliphatic heterocycles. The Morgan fingerprint density at radius 3 is 2.74 bits per heavy atom. The van der Waals surface area contributed by atoms with Gasteiger partial charge in [0, 0.05) is 67.0 Å². The summed E-state index contributed by atoms with van der Waals surface area (Å²) in [6, 6.07) is 20.1. The second-order valence-corrected chi connectivity index (χ2v) is 10.9. The van der Waals surface area contributed by atoms with Crippen LogP contribution in [0.1, 0.15) is 36.0 Å². The summed E-state index contributed by atoms with van der Waals surface area (Å²) in [4.78, 5) is 12.1. The van der Waals surface area contributed by atoms with Crippen molar-refractivity contribution >= 4 is 22.3 Å². The minimum atomic E-state index is 0.101. The van der Waals surface area contributed by atoms with Crippen LogP contribution >= 0.6 is 0 Å². The van der Waals surface area contributed by atoms with Crippen molar-refractivity contribution in [3.8, 4) is 18.0 Å². The molecule has 0 aliphatic carbocycles. The number of likely N-dealkylation sites (tertiary alicyclic amines) is 1. The molecule has 8 nitrogen and oxygen atoms in total. The molecule has 3 aromatic rings. The number of rotatable bonds is 6. The van der Waals surface area contributed by atoms with E-state index >= 15 is 0 Å². The van der Waals surface area contributed by atoms with Crippen LogP contribution in [0.4, 0.5) is 11.5 Å². The van der Waals surface area contributed by atoms with Crippen LogP contribution in [0.5, 0.6) is 5.88 Å². The largest absolute Gasteiger partial charge is 0.475 e. The summed E-state index contributed by atoms with van der Waals surface area (Å²) >= 11 is 0. The highest BCUT2D eigenvalue weighted by molar-refractivity contribution is 5.94. The lowest BCUT2D eigenvalue weighted by atomic mass is 9.94. The highest BCUT2D eigenvalue weighted by Gasteiger charge is 2.32. The van der Waals surface area contributed by atoms with Crippen LogP contribution in [0.2, 0.25) is 0 Å². The van der Waals surface area contributed by atoms with Gasteiger partial charge in [-0.3, -0.25) is 0 Å². The topological polar surface area (TPSA) is 91.5 Å². The summed E-state index contributed by atoms with van der Waals surface area (Å²) < 4.78 is 6.38. The van der Waals surface area contributed by atoms with Crippen LogP contribution in [0, 0.1) is 22.7 Å². The van der Waals surface area contributed by atoms with Gasteiger partial charge in [0.15, 0.2) is 0 Å². The third kappa shape index (κ3) is 4.98. The average Bonchev–Trinajstić information content (AvgIpc) is 3.39. The molecule has 2 aromatic carbocycles. The molecule has 0 radical (unpaired) electrons. The van der Waals surface area contributed by atoms with Gasteiger partial charge in [-0.15, -0.1) is 0 Å². The summed E-state index contributed by atoms with van der Waals surface area (Å²) in [6.45, 7) is 5.41. The monoisotopic (exact) mass is 521 g/mol. The molecule has 0 amide bonds. The number of likely N-dealkylation sites (N-methyl/N-ethyl adjacent to an activating group) is 1. The van der Waals surface area contributed by atoms with Gasteiger partial charge in [-0.25, -0.2) is 0 Å². The van der Waals surface area contributed by atoms with Crippen molar-refractivity contribution in [3.63, 3.8) is 0 Å². The van der Waals surface area contributed by atoms with Crippen molar-refractivity contribution in [1.29, 1.82) is 10.5 Å². The van der Waals surface area contributed by atoms with Gasteiger partial charge < -0.3 is 24.8 Å². The molecule has 4 heterocycles. The van der Waals surface area contributed by atoms with Crippen molar-refractivity contribution in [2.24, 2.45) is 0 Å². The van der Waals surface area contributed by atoms with Crippen molar-refractivity contribution in [3.05, 3.63) is 59.2 Å². The van der Waals surface area contributed by atoms with Crippen molar-refractivity contribution in [2.45, 2.75) is 44.3 Å². The zero-order valence-corrected chi connectivity index (χ0v) is 22.6. The molecule has 0 saturated carbocycles. The Bertz CT molecular complexity index is 1440. The number of pyridine rings is 1. The van der Waals surface area contributed by atoms with Crippen LogP contribution in [0.25, 0.3) is 10.8 Å². The Morgan fingerprint density at radius 1 is 1.05 bits per heavy atom. The predicted octanol–water partition coefficient (Wildman–Crippen LogP) is 3.83. The Labute approximate surface area is 230 Å². The fourth-order valence-electron chi connectivity index (χ4n) is 6.39. The van der Waals surface area contributed by atoms with Crippen LogP contribution in [0.3, 0.4) is 0 Å². The third-order valence-electron chi connectivity index (χ3n) is 8.53. The zero-order valence-electron chi connectivity index (χ0n) is 22.6. The molecular formula is C31H35N7O. The number of benzene rings is 2. The van der Waals surface area contributed by atoms with E-state index in [4.69, 9.17) is 9.72 Å². The van der Waals surface area contributed by atoms with Gasteiger partial charge in [-0.2, -0.15) is 15.5 Å². The Balaban J connectivity index is 1.39. The van der Waals surface area contributed by atoms with Gasteiger partial charge in [0.05, 0.1) is 12.5 Å². The van der Waals surface area contributed by atoms with Crippen molar-refractivity contribution < 1.29 is 4.74 Å². The molecule has 1 aromatic heterocycles. The molecule has 39 heavy (non-hydrogen) atoms. The maximum absolute atomic E-state index is 10.4. The van der Waals surface area contributed by atoms with Crippen LogP contribution < -0.4 is 19.9 Å². The van der Waals surface area contributed by atoms with E-state index in [1.807, 2.05) is 0 Å². The number of nitrogens with one attached hydrogen (secondary N) is 1. The number of nitriles is 2. The molecule has 200 valence electrons. The minimum absolute atomic E-state index is 0.101. The van der Waals surface area contributed by atoms with Crippen molar-refractivity contribution in [2.75, 3.05) is 56.2 Å². The van der Waals surface area contributed by atoms with E-state index in [-0.39, 0.29) is 6.04 Å². The SMILES string of the molecule is CN1CCC[C@H]1COc1nc(N2CCNC(CC#N)C2)c2c(c1C#N)CN(c1cccc3ccccc13)CC2. The lowest BCUT2D eigenvalue weighted by molar-refractivity contribution is 0.192. The first-order valence-electron chi connectivity index (χ1n) is 14.0. The smallest absolute Gasteiger partial charge is 0.234 e. The number of nitrogens with zero attached hydrogens (tertiary/aromatic N) is 6. The van der Waals surface area contributed by atoms with E-state index in [9.17, 15) is 10.5 Å². The summed E-state index contributed by atoms with van der Waals surface area (Å²) in [5.74, 6) is 1.36. The van der Waals surface area contributed by atoms with Crippen LogP contribution in [0.15, 0.2) is 42.5 Å². The summed E-state index contributed by atoms with van der Waals surface area (Å²) in [7, 11) is 2.13. The Hall–Kier alpha value is -3.85. The summed E-state index contributed by atoms with van der Waals surface area (Å²) in [6.07, 6.45) is 3.52. The van der Waals surface area contributed by atoms with E-state index in [2.05, 4.69) is 81.7 Å². The molecular weight excluding hydrogens is 486 g/mol. The molecule has 1 unspecified atom stereocenters. The van der Waals surface area contributed by atoms with Gasteiger partial charge in [0.1, 0.15) is 24.1 Å². The molecule has 2 atom stereocenters. The lowest BCUT2D eigenvalue weighted by Gasteiger charge is -2.38. The van der Waals surface area contributed by atoms with E-state index in [0.717, 1.165) is 62.5 Å². The second kappa shape index (κ2) is 11.1. The number of ether oxygens (including phenoxy) is 1. The van der Waals surface area contributed by atoms with Gasteiger partial charge in [-0.1, -0.05) is 36.4 Å². The first-order chi connectivity index (χ1) is 19.2. The molecule has 3 aliphatic rings. The highest BCUT2D eigenvalue weighted by Crippen LogP contribution is 2.38. The molecule has 6 rings (SSSR count). The third-order valence-corrected chi connectivity index (χ3v) is 8.53. The minimum Gasteiger partial charge on any atom is -0.475 e. The van der Waals surface area contributed by atoms with E-state index < -0.39 is 0 Å². The maximum Gasteiger partial charge on any atom is 0.234 e. The number of hydrogen-bond donors (Lipinski definition) is 1. The standard InChI is InChI=1S/C31H35N7O/c1-36-15-5-8-24(36)21-39-31-27(18-33)28-20-37(29-10-4-7-22-6-2-3-9-25(22)29)16-12-26(28)30(35-31)38-17-14-34-23(19-38)11-13-32/h2-4,6-7,9-10,23-24,34H,5,8,11-12,14-17,19-21H2,1H3/t23?,24-/m0/s1. The lowest BCUT2D eigenvalue weighted by Crippen LogP contribution is -2.51. The zero-order chi connectivity index (χ0) is 26.8. The van der Waals surface area contributed by atoms with Crippen LogP contribution in [-0.4, -0.2) is 68.3 Å². The van der Waals surface area contributed by atoms with E-state index in [1.165, 1.54) is 22.9 Å². The van der Waals surface area contributed by atoms with E-state index in [0.29, 0.717) is 37.1 Å². The quantitative estimate of drug-likeness (QED) is 0.523. The van der Waals surface area contributed by atoms with E-state index in [1.54, 1.807) is 0 Å². The summed E-state index contributed by atoms with van der Waals surface area (Å²) in [5, 5.41) is 25.6. The number of piperazine rings is 1. The highest BCUT2D eigenvalue weighted by atomic mass is 16.5. The molecule has 2 saturated heterocycles. The first-order valence-corrected chi connectivity index (χ1v) is 14.0. The van der Waals surface area contributed by atoms with Gasteiger partial charge in [0.25, 0.3) is 0 Å². The van der Waals surface area contributed by atoms with Gasteiger partial charge >= 0.3 is 0 Å². The maximum atomic E-state index is 10.4. The fraction of sp³-hybridized carbons (Fsp3) is 0.452. The Kier molecular flexibility index (Phi) is 7.24. The second-order valence-electron chi connectivity index (χ2n) is 10.9. The first kappa shape index (κ1) is 25.4. The fourth-order valence-corrected chi connectivity index (χ4v) is 6.39. The number of anilines is 2. The molecule has 8 heteroatoms. The molecule has 1 N–H and O–H groups in total. The average molecular weight is 522 g/mol. The number of aromatic nitrogens is 1. The van der Waals surface area contributed by atoms with Gasteiger partial charge in [0.2, 0.25) is 5.88 Å². The normalized spacial score (nSPS) is 21.4. The number of hydrogen-bond acceptors (Lipinski definition) is 8. The van der Waals surface area contributed by atoms with Gasteiger partial charge in [-0.05, 0) is 44.3 Å². The molecule has 0 bridgehead atoms. The number of fused-ring (bicyclic) bond motifs is 2. The van der Waals surface area contributed by atoms with Crippen LogP contribution in [-0.2, 0) is 13.0 Å². The predicted molar refractivity (Wildman–Crippen MR) is 153 cm³/mol.